The zero-order valence-corrected chi connectivity index (χ0v) is 14.4. The Hall–Kier alpha value is -2.03. The van der Waals surface area contributed by atoms with E-state index in [1.165, 1.54) is 5.56 Å². The van der Waals surface area contributed by atoms with Crippen LogP contribution in [0.15, 0.2) is 18.2 Å². The summed E-state index contributed by atoms with van der Waals surface area (Å²) in [6, 6.07) is 6.13. The molecule has 1 heterocycles. The van der Waals surface area contributed by atoms with Gasteiger partial charge in [0.15, 0.2) is 0 Å². The number of nitrogens with zero attached hydrogens (tertiary/aromatic N) is 1. The van der Waals surface area contributed by atoms with Crippen molar-refractivity contribution in [2.24, 2.45) is 0 Å². The summed E-state index contributed by atoms with van der Waals surface area (Å²) in [7, 11) is 1.68. The molecule has 0 aliphatic carbocycles. The first-order valence-electron chi connectivity index (χ1n) is 7.76. The average molecular weight is 299 g/mol. The molecule has 0 bridgehead atoms. The van der Waals surface area contributed by atoms with Crippen molar-refractivity contribution < 1.29 is 9.47 Å². The fraction of sp³-hybridized carbons (Fsp3) is 0.421. The second-order valence-corrected chi connectivity index (χ2v) is 5.80. The van der Waals surface area contributed by atoms with Crippen molar-refractivity contribution in [2.75, 3.05) is 7.11 Å². The zero-order chi connectivity index (χ0) is 16.3. The van der Waals surface area contributed by atoms with Crippen molar-refractivity contribution in [1.82, 2.24) is 4.98 Å². The summed E-state index contributed by atoms with van der Waals surface area (Å²) in [5.41, 5.74) is 5.54. The van der Waals surface area contributed by atoms with E-state index in [0.717, 1.165) is 46.7 Å². The molecule has 0 radical (unpaired) electrons. The predicted molar refractivity (Wildman–Crippen MR) is 90.2 cm³/mol. The van der Waals surface area contributed by atoms with E-state index < -0.39 is 0 Å². The van der Waals surface area contributed by atoms with Crippen molar-refractivity contribution in [3.05, 3.63) is 46.1 Å². The molecule has 1 aromatic carbocycles. The largest absolute Gasteiger partial charge is 0.497 e. The lowest BCUT2D eigenvalue weighted by molar-refractivity contribution is 0.409. The Kier molecular flexibility index (Phi) is 5.07. The smallest absolute Gasteiger partial charge is 0.222 e. The van der Waals surface area contributed by atoms with Crippen LogP contribution in [0.4, 0.5) is 0 Å². The van der Waals surface area contributed by atoms with Crippen LogP contribution in [0.2, 0.25) is 0 Å². The van der Waals surface area contributed by atoms with Crippen LogP contribution in [0.1, 0.15) is 41.3 Å². The predicted octanol–water partition coefficient (Wildman–Crippen LogP) is 5.07. The first kappa shape index (κ1) is 16.3. The molecule has 0 aliphatic heterocycles. The summed E-state index contributed by atoms with van der Waals surface area (Å²) in [4.78, 5) is 4.58. The van der Waals surface area contributed by atoms with Gasteiger partial charge in [-0.05, 0) is 69.0 Å². The van der Waals surface area contributed by atoms with Crippen LogP contribution in [0.3, 0.4) is 0 Å². The number of hydrogen-bond acceptors (Lipinski definition) is 3. The van der Waals surface area contributed by atoms with E-state index in [2.05, 4.69) is 24.9 Å². The maximum absolute atomic E-state index is 6.17. The molecule has 0 N–H and O–H groups in total. The van der Waals surface area contributed by atoms with E-state index in [1.54, 1.807) is 7.11 Å². The molecule has 0 saturated heterocycles. The molecule has 3 heteroatoms. The number of ether oxygens (including phenoxy) is 2. The van der Waals surface area contributed by atoms with Crippen LogP contribution in [0.5, 0.6) is 17.4 Å². The molecular weight excluding hydrogens is 274 g/mol. The van der Waals surface area contributed by atoms with Crippen LogP contribution in [0, 0.1) is 27.7 Å². The summed E-state index contributed by atoms with van der Waals surface area (Å²) >= 11 is 0. The second-order valence-electron chi connectivity index (χ2n) is 5.80. The fourth-order valence-electron chi connectivity index (χ4n) is 2.69. The Morgan fingerprint density at radius 1 is 1.00 bits per heavy atom. The van der Waals surface area contributed by atoms with Gasteiger partial charge >= 0.3 is 0 Å². The minimum absolute atomic E-state index is 0.708. The highest BCUT2D eigenvalue weighted by Gasteiger charge is 2.13. The lowest BCUT2D eigenvalue weighted by Crippen LogP contribution is -2.01. The van der Waals surface area contributed by atoms with Gasteiger partial charge in [-0.15, -0.1) is 0 Å². The molecule has 0 amide bonds. The van der Waals surface area contributed by atoms with Crippen molar-refractivity contribution in [3.63, 3.8) is 0 Å². The molecule has 22 heavy (non-hydrogen) atoms. The van der Waals surface area contributed by atoms with Crippen molar-refractivity contribution in [2.45, 2.75) is 47.5 Å². The van der Waals surface area contributed by atoms with Gasteiger partial charge in [-0.1, -0.05) is 13.3 Å². The van der Waals surface area contributed by atoms with E-state index in [0.29, 0.717) is 5.88 Å². The van der Waals surface area contributed by atoms with Crippen LogP contribution in [-0.4, -0.2) is 12.1 Å². The second kappa shape index (κ2) is 6.82. The summed E-state index contributed by atoms with van der Waals surface area (Å²) in [5, 5.41) is 0. The van der Waals surface area contributed by atoms with Gasteiger partial charge in [-0.3, -0.25) is 0 Å². The number of rotatable bonds is 5. The van der Waals surface area contributed by atoms with E-state index in [1.807, 2.05) is 32.9 Å². The van der Waals surface area contributed by atoms with Crippen molar-refractivity contribution in [1.29, 1.82) is 0 Å². The quantitative estimate of drug-likeness (QED) is 0.772. The molecule has 3 nitrogen and oxygen atoms in total. The molecule has 0 aliphatic rings. The average Bonchev–Trinajstić information content (AvgIpc) is 2.47. The Morgan fingerprint density at radius 2 is 1.64 bits per heavy atom. The van der Waals surface area contributed by atoms with Crippen molar-refractivity contribution >= 4 is 0 Å². The highest BCUT2D eigenvalue weighted by molar-refractivity contribution is 5.48. The first-order valence-corrected chi connectivity index (χ1v) is 7.76. The Balaban J connectivity index is 2.43. The highest BCUT2D eigenvalue weighted by Crippen LogP contribution is 2.33. The van der Waals surface area contributed by atoms with Gasteiger partial charge in [0.1, 0.15) is 11.5 Å². The minimum atomic E-state index is 0.708. The molecule has 2 rings (SSSR count). The molecular formula is C19H25NO2. The number of aryl methyl sites for hydroxylation is 4. The van der Waals surface area contributed by atoms with E-state index in [-0.39, 0.29) is 0 Å². The van der Waals surface area contributed by atoms with Gasteiger partial charge in [0.25, 0.3) is 0 Å². The standard InChI is InChI=1S/C19H25NO2/c1-7-8-16-11-14(4)20-19(15(16)5)22-18-12(2)9-17(21-6)10-13(18)3/h9-11H,7-8H2,1-6H3. The minimum Gasteiger partial charge on any atom is -0.497 e. The number of hydrogen-bond donors (Lipinski definition) is 0. The van der Waals surface area contributed by atoms with Gasteiger partial charge < -0.3 is 9.47 Å². The van der Waals surface area contributed by atoms with E-state index in [9.17, 15) is 0 Å². The van der Waals surface area contributed by atoms with Gasteiger partial charge in [0.05, 0.1) is 7.11 Å². The summed E-state index contributed by atoms with van der Waals surface area (Å²) < 4.78 is 11.5. The topological polar surface area (TPSA) is 31.4 Å². The maximum Gasteiger partial charge on any atom is 0.222 e. The highest BCUT2D eigenvalue weighted by atomic mass is 16.5. The van der Waals surface area contributed by atoms with Gasteiger partial charge in [0.2, 0.25) is 5.88 Å². The zero-order valence-electron chi connectivity index (χ0n) is 14.4. The van der Waals surface area contributed by atoms with Gasteiger partial charge in [0, 0.05) is 11.3 Å². The maximum atomic E-state index is 6.17. The lowest BCUT2D eigenvalue weighted by atomic mass is 10.0. The Bertz CT molecular complexity index is 654. The summed E-state index contributed by atoms with van der Waals surface area (Å²) in [6.07, 6.45) is 2.16. The third-order valence-corrected chi connectivity index (χ3v) is 3.85. The van der Waals surface area contributed by atoms with Crippen LogP contribution in [-0.2, 0) is 6.42 Å². The molecule has 0 spiro atoms. The third kappa shape index (κ3) is 3.41. The van der Waals surface area contributed by atoms with E-state index in [4.69, 9.17) is 9.47 Å². The molecule has 2 aromatic rings. The van der Waals surface area contributed by atoms with Crippen molar-refractivity contribution in [3.8, 4) is 17.4 Å². The first-order chi connectivity index (χ1) is 10.5. The summed E-state index contributed by atoms with van der Waals surface area (Å²) in [5.74, 6) is 2.42. The normalized spacial score (nSPS) is 10.6. The Morgan fingerprint density at radius 3 is 2.18 bits per heavy atom. The SMILES string of the molecule is CCCc1cc(C)nc(Oc2c(C)cc(OC)cc2C)c1C. The molecule has 0 atom stereocenters. The van der Waals surface area contributed by atoms with E-state index >= 15 is 0 Å². The number of benzene rings is 1. The monoisotopic (exact) mass is 299 g/mol. The fourth-order valence-corrected chi connectivity index (χ4v) is 2.69. The van der Waals surface area contributed by atoms with Gasteiger partial charge in [-0.2, -0.15) is 0 Å². The lowest BCUT2D eigenvalue weighted by Gasteiger charge is -2.16. The number of methoxy groups -OCH3 is 1. The summed E-state index contributed by atoms with van der Waals surface area (Å²) in [6.45, 7) is 10.3. The van der Waals surface area contributed by atoms with Gasteiger partial charge in [-0.25, -0.2) is 4.98 Å². The van der Waals surface area contributed by atoms with Crippen LogP contribution in [0.25, 0.3) is 0 Å². The van der Waals surface area contributed by atoms with Crippen LogP contribution >= 0.6 is 0 Å². The van der Waals surface area contributed by atoms with Crippen LogP contribution < -0.4 is 9.47 Å². The third-order valence-electron chi connectivity index (χ3n) is 3.85. The molecule has 1 aromatic heterocycles. The molecule has 0 fully saturated rings. The molecule has 118 valence electrons. The molecule has 0 saturated carbocycles. The number of aromatic nitrogens is 1. The number of pyridine rings is 1. The molecule has 0 unspecified atom stereocenters. The Labute approximate surface area is 133 Å².